The van der Waals surface area contributed by atoms with Gasteiger partial charge in [-0.3, -0.25) is 0 Å². The summed E-state index contributed by atoms with van der Waals surface area (Å²) in [6.45, 7) is 1.49. The molecule has 2 aliphatic rings. The third-order valence-electron chi connectivity index (χ3n) is 5.01. The van der Waals surface area contributed by atoms with Gasteiger partial charge in [0.15, 0.2) is 0 Å². The average molecular weight is 379 g/mol. The molecule has 0 radical (unpaired) electrons. The van der Waals surface area contributed by atoms with Gasteiger partial charge in [-0.2, -0.15) is 4.31 Å². The van der Waals surface area contributed by atoms with E-state index in [0.29, 0.717) is 25.6 Å². The summed E-state index contributed by atoms with van der Waals surface area (Å²) in [6, 6.07) is 5.43. The van der Waals surface area contributed by atoms with Crippen molar-refractivity contribution in [3.05, 3.63) is 42.0 Å². The molecule has 7 heteroatoms. The topological polar surface area (TPSA) is 83.9 Å². The summed E-state index contributed by atoms with van der Waals surface area (Å²) in [5.41, 5.74) is 0.0760. The normalized spacial score (nSPS) is 23.4. The average Bonchev–Trinajstić information content (AvgIpc) is 3.15. The van der Waals surface area contributed by atoms with E-state index < -0.39 is 16.0 Å². The van der Waals surface area contributed by atoms with Crippen LogP contribution in [0.1, 0.15) is 42.5 Å². The Hall–Kier alpha value is -1.70. The van der Waals surface area contributed by atoms with Gasteiger partial charge in [-0.25, -0.2) is 13.2 Å². The standard InChI is InChI=1S/C19H25NO5S/c21-19(22)16-8-10-18(11-9-16)26(23,24)20(14-17-7-4-12-25-17)13-15-5-2-1-3-6-15/h1-2,8-11,15,17H,3-7,12-14H2,(H,21,22)/t15-,17+/m1/s1. The molecule has 1 heterocycles. The maximum absolute atomic E-state index is 13.2. The van der Waals surface area contributed by atoms with E-state index in [9.17, 15) is 13.2 Å². The van der Waals surface area contributed by atoms with Crippen molar-refractivity contribution < 1.29 is 23.1 Å². The van der Waals surface area contributed by atoms with E-state index in [-0.39, 0.29) is 16.6 Å². The van der Waals surface area contributed by atoms with Gasteiger partial charge in [-0.05, 0) is 62.3 Å². The zero-order chi connectivity index (χ0) is 18.6. The first kappa shape index (κ1) is 19.1. The lowest BCUT2D eigenvalue weighted by molar-refractivity contribution is 0.0696. The van der Waals surface area contributed by atoms with Gasteiger partial charge < -0.3 is 9.84 Å². The predicted octanol–water partition coefficient (Wildman–Crippen LogP) is 2.91. The summed E-state index contributed by atoms with van der Waals surface area (Å²) in [5.74, 6) is -0.770. The molecule has 1 N–H and O–H groups in total. The fourth-order valence-corrected chi connectivity index (χ4v) is 5.06. The number of rotatable bonds is 7. The Bertz CT molecular complexity index is 751. The lowest BCUT2D eigenvalue weighted by Crippen LogP contribution is -2.40. The maximum atomic E-state index is 13.2. The Labute approximate surface area is 154 Å². The first-order valence-electron chi connectivity index (χ1n) is 9.07. The van der Waals surface area contributed by atoms with Gasteiger partial charge in [-0.15, -0.1) is 0 Å². The van der Waals surface area contributed by atoms with Crippen LogP contribution in [0, 0.1) is 5.92 Å². The number of nitrogens with zero attached hydrogens (tertiary/aromatic N) is 1. The molecule has 26 heavy (non-hydrogen) atoms. The summed E-state index contributed by atoms with van der Waals surface area (Å²) < 4.78 is 33.5. The molecule has 1 saturated heterocycles. The van der Waals surface area contributed by atoms with Crippen molar-refractivity contribution in [2.75, 3.05) is 19.7 Å². The van der Waals surface area contributed by atoms with E-state index >= 15 is 0 Å². The Morgan fingerprint density at radius 3 is 2.50 bits per heavy atom. The zero-order valence-electron chi connectivity index (χ0n) is 14.7. The Balaban J connectivity index is 1.82. The predicted molar refractivity (Wildman–Crippen MR) is 97.6 cm³/mol. The van der Waals surface area contributed by atoms with Gasteiger partial charge in [0.25, 0.3) is 0 Å². The molecule has 0 spiro atoms. The van der Waals surface area contributed by atoms with Crippen LogP contribution in [0.2, 0.25) is 0 Å². The van der Waals surface area contributed by atoms with Crippen molar-refractivity contribution in [2.24, 2.45) is 5.92 Å². The molecule has 1 fully saturated rings. The first-order valence-corrected chi connectivity index (χ1v) is 10.5. The van der Waals surface area contributed by atoms with Crippen LogP contribution < -0.4 is 0 Å². The zero-order valence-corrected chi connectivity index (χ0v) is 15.5. The van der Waals surface area contributed by atoms with Gasteiger partial charge in [0, 0.05) is 19.7 Å². The molecule has 1 aromatic carbocycles. The molecule has 0 saturated carbocycles. The summed E-state index contributed by atoms with van der Waals surface area (Å²) in [7, 11) is -3.69. The molecule has 1 aliphatic heterocycles. The van der Waals surface area contributed by atoms with Crippen LogP contribution in [-0.2, 0) is 14.8 Å². The third kappa shape index (κ3) is 4.52. The highest BCUT2D eigenvalue weighted by molar-refractivity contribution is 7.89. The number of carboxylic acid groups (broad SMARTS) is 1. The molecule has 0 amide bonds. The Kier molecular flexibility index (Phi) is 6.11. The molecule has 2 atom stereocenters. The van der Waals surface area contributed by atoms with Crippen LogP contribution in [0.25, 0.3) is 0 Å². The first-order chi connectivity index (χ1) is 12.5. The van der Waals surface area contributed by atoms with Crippen LogP contribution in [0.5, 0.6) is 0 Å². The number of carbonyl (C=O) groups is 1. The van der Waals surface area contributed by atoms with Crippen molar-refractivity contribution in [3.8, 4) is 0 Å². The molecule has 6 nitrogen and oxygen atoms in total. The largest absolute Gasteiger partial charge is 0.478 e. The Morgan fingerprint density at radius 1 is 1.15 bits per heavy atom. The van der Waals surface area contributed by atoms with Crippen molar-refractivity contribution in [1.29, 1.82) is 0 Å². The summed E-state index contributed by atoms with van der Waals surface area (Å²) in [4.78, 5) is 11.1. The highest BCUT2D eigenvalue weighted by Gasteiger charge is 2.31. The highest BCUT2D eigenvalue weighted by Crippen LogP contribution is 2.25. The van der Waals surface area contributed by atoms with Gasteiger partial charge >= 0.3 is 5.97 Å². The summed E-state index contributed by atoms with van der Waals surface area (Å²) in [5, 5.41) is 9.01. The van der Waals surface area contributed by atoms with Gasteiger partial charge in [0.2, 0.25) is 10.0 Å². The minimum Gasteiger partial charge on any atom is -0.478 e. The number of carboxylic acids is 1. The SMILES string of the molecule is O=C(O)c1ccc(S(=O)(=O)N(C[C@@H]2CC=CCC2)C[C@@H]2CCCO2)cc1. The van der Waals surface area contributed by atoms with Crippen molar-refractivity contribution >= 4 is 16.0 Å². The van der Waals surface area contributed by atoms with E-state index in [1.807, 2.05) is 0 Å². The van der Waals surface area contributed by atoms with Crippen LogP contribution in [0.15, 0.2) is 41.3 Å². The van der Waals surface area contributed by atoms with E-state index in [1.165, 1.54) is 28.6 Å². The molecule has 0 aromatic heterocycles. The second kappa shape index (κ2) is 8.33. The quantitative estimate of drug-likeness (QED) is 0.737. The monoisotopic (exact) mass is 379 g/mol. The molecule has 0 unspecified atom stereocenters. The molecule has 3 rings (SSSR count). The number of allylic oxidation sites excluding steroid dienone is 2. The number of benzene rings is 1. The molecule has 0 bridgehead atoms. The van der Waals surface area contributed by atoms with Crippen molar-refractivity contribution in [3.63, 3.8) is 0 Å². The van der Waals surface area contributed by atoms with Crippen LogP contribution in [-0.4, -0.2) is 49.6 Å². The maximum Gasteiger partial charge on any atom is 0.335 e. The number of aromatic carboxylic acids is 1. The fraction of sp³-hybridized carbons (Fsp3) is 0.526. The lowest BCUT2D eigenvalue weighted by atomic mass is 9.94. The molecular weight excluding hydrogens is 354 g/mol. The van der Waals surface area contributed by atoms with Crippen LogP contribution in [0.4, 0.5) is 0 Å². The van der Waals surface area contributed by atoms with E-state index in [1.54, 1.807) is 0 Å². The van der Waals surface area contributed by atoms with Crippen LogP contribution >= 0.6 is 0 Å². The number of sulfonamides is 1. The van der Waals surface area contributed by atoms with Crippen molar-refractivity contribution in [2.45, 2.75) is 43.1 Å². The minimum atomic E-state index is -3.69. The van der Waals surface area contributed by atoms with Crippen molar-refractivity contribution in [1.82, 2.24) is 4.31 Å². The number of hydrogen-bond donors (Lipinski definition) is 1. The van der Waals surface area contributed by atoms with E-state index in [2.05, 4.69) is 12.2 Å². The molecular formula is C19H25NO5S. The fourth-order valence-electron chi connectivity index (χ4n) is 3.51. The van der Waals surface area contributed by atoms with E-state index in [0.717, 1.165) is 32.1 Å². The molecule has 142 valence electrons. The van der Waals surface area contributed by atoms with Gasteiger partial charge in [0.1, 0.15) is 0 Å². The van der Waals surface area contributed by atoms with Gasteiger partial charge in [0.05, 0.1) is 16.6 Å². The smallest absolute Gasteiger partial charge is 0.335 e. The lowest BCUT2D eigenvalue weighted by Gasteiger charge is -2.29. The summed E-state index contributed by atoms with van der Waals surface area (Å²) in [6.07, 6.45) is 8.86. The van der Waals surface area contributed by atoms with Gasteiger partial charge in [-0.1, -0.05) is 12.2 Å². The van der Waals surface area contributed by atoms with Crippen LogP contribution in [0.3, 0.4) is 0 Å². The third-order valence-corrected chi connectivity index (χ3v) is 6.86. The molecule has 1 aliphatic carbocycles. The summed E-state index contributed by atoms with van der Waals surface area (Å²) >= 11 is 0. The second-order valence-electron chi connectivity index (χ2n) is 6.94. The minimum absolute atomic E-state index is 0.0674. The Morgan fingerprint density at radius 2 is 1.92 bits per heavy atom. The second-order valence-corrected chi connectivity index (χ2v) is 8.87. The van der Waals surface area contributed by atoms with E-state index in [4.69, 9.17) is 9.84 Å². The number of hydrogen-bond acceptors (Lipinski definition) is 4. The highest BCUT2D eigenvalue weighted by atomic mass is 32.2. The number of ether oxygens (including phenoxy) is 1. The molecule has 1 aromatic rings.